The fourth-order valence-electron chi connectivity index (χ4n) is 3.00. The molecule has 11 heteroatoms. The maximum atomic E-state index is 12.4. The molecule has 2 aromatic carbocycles. The van der Waals surface area contributed by atoms with E-state index in [-0.39, 0.29) is 12.1 Å². The molecule has 0 aliphatic carbocycles. The molecule has 0 radical (unpaired) electrons. The third-order valence-electron chi connectivity index (χ3n) is 4.49. The monoisotopic (exact) mass is 433 g/mol. The summed E-state index contributed by atoms with van der Waals surface area (Å²) in [6.07, 6.45) is -1.43. The number of carbonyl (C=O) groups excluding carboxylic acids is 2. The number of esters is 1. The van der Waals surface area contributed by atoms with Gasteiger partial charge in [0.2, 0.25) is 0 Å². The Kier molecular flexibility index (Phi) is 6.15. The Bertz CT molecular complexity index is 1060. The summed E-state index contributed by atoms with van der Waals surface area (Å²) < 4.78 is 32.2. The Morgan fingerprint density at radius 3 is 2.37 bits per heavy atom. The lowest BCUT2D eigenvalue weighted by Gasteiger charge is -2.24. The van der Waals surface area contributed by atoms with E-state index in [1.807, 2.05) is 4.72 Å². The third-order valence-corrected chi connectivity index (χ3v) is 5.91. The topological polar surface area (TPSA) is 142 Å². The number of hydrogen-bond donors (Lipinski definition) is 3. The predicted octanol–water partition coefficient (Wildman–Crippen LogP) is 0.391. The van der Waals surface area contributed by atoms with E-state index in [1.54, 1.807) is 30.3 Å². The summed E-state index contributed by atoms with van der Waals surface area (Å²) in [4.78, 5) is 35.6. The molecule has 3 rings (SSSR count). The zero-order valence-corrected chi connectivity index (χ0v) is 16.6. The van der Waals surface area contributed by atoms with Crippen molar-refractivity contribution in [1.82, 2.24) is 14.3 Å². The van der Waals surface area contributed by atoms with Crippen LogP contribution in [-0.4, -0.2) is 49.0 Å². The van der Waals surface area contributed by atoms with E-state index in [0.717, 1.165) is 4.31 Å². The number of hydrogen-bond acceptors (Lipinski definition) is 7. The number of carboxylic acid groups (broad SMARTS) is 1. The molecule has 1 fully saturated rings. The zero-order valence-electron chi connectivity index (χ0n) is 15.8. The number of ether oxygens (including phenoxy) is 1. The van der Waals surface area contributed by atoms with E-state index in [2.05, 4.69) is 10.1 Å². The van der Waals surface area contributed by atoms with Crippen LogP contribution < -0.4 is 10.0 Å². The van der Waals surface area contributed by atoms with Crippen molar-refractivity contribution in [2.45, 2.75) is 18.8 Å². The normalized spacial score (nSPS) is 19.1. The average molecular weight is 433 g/mol. The lowest BCUT2D eigenvalue weighted by molar-refractivity contribution is -0.140. The molecule has 1 amide bonds. The van der Waals surface area contributed by atoms with E-state index in [4.69, 9.17) is 0 Å². The third kappa shape index (κ3) is 4.48. The van der Waals surface area contributed by atoms with Gasteiger partial charge in [-0.2, -0.15) is 12.7 Å². The number of aliphatic carboxylic acids is 1. The highest BCUT2D eigenvalue weighted by Gasteiger charge is 2.45. The minimum Gasteiger partial charge on any atom is -0.480 e. The van der Waals surface area contributed by atoms with E-state index in [0.29, 0.717) is 11.1 Å². The minimum atomic E-state index is -4.18. The number of rotatable bonds is 7. The van der Waals surface area contributed by atoms with Gasteiger partial charge in [0, 0.05) is 6.54 Å². The summed E-state index contributed by atoms with van der Waals surface area (Å²) in [7, 11) is -2.94. The maximum Gasteiger partial charge on any atom is 0.337 e. The standard InChI is InChI=1S/C19H19N3O7S/c1-29-19(26)14-9-7-12(8-10-14)11-22-16(17(23)21-30(22,27)28)20-15(18(24)25)13-5-3-2-4-6-13/h2-10,15-16,20H,11H2,1H3,(H,21,23)(H,24,25)/t15-,16+/m0/s1. The molecule has 3 N–H and O–H groups in total. The van der Waals surface area contributed by atoms with Gasteiger partial charge in [0.15, 0.2) is 6.17 Å². The maximum absolute atomic E-state index is 12.4. The summed E-state index contributed by atoms with van der Waals surface area (Å²) in [5, 5.41) is 12.2. The molecule has 0 unspecified atom stereocenters. The summed E-state index contributed by atoms with van der Waals surface area (Å²) in [6, 6.07) is 12.8. The van der Waals surface area contributed by atoms with E-state index in [1.165, 1.54) is 31.4 Å². The summed E-state index contributed by atoms with van der Waals surface area (Å²) in [5.41, 5.74) is 1.13. The van der Waals surface area contributed by atoms with Crippen LogP contribution in [0, 0.1) is 0 Å². The van der Waals surface area contributed by atoms with Gasteiger partial charge in [-0.3, -0.25) is 14.9 Å². The van der Waals surface area contributed by atoms with Crippen LogP contribution in [0.3, 0.4) is 0 Å². The number of carbonyl (C=O) groups is 3. The second kappa shape index (κ2) is 8.61. The second-order valence-electron chi connectivity index (χ2n) is 6.46. The molecule has 0 spiro atoms. The number of nitrogens with zero attached hydrogens (tertiary/aromatic N) is 1. The fourth-order valence-corrected chi connectivity index (χ4v) is 4.24. The van der Waals surface area contributed by atoms with E-state index < -0.39 is 40.3 Å². The first-order chi connectivity index (χ1) is 14.2. The lowest BCUT2D eigenvalue weighted by Crippen LogP contribution is -2.49. The SMILES string of the molecule is COC(=O)c1ccc(CN2[C@@H](N[C@H](C(=O)O)c3ccccc3)C(=O)NS2(=O)=O)cc1. The number of carboxylic acids is 1. The predicted molar refractivity (Wildman–Crippen MR) is 104 cm³/mol. The first-order valence-electron chi connectivity index (χ1n) is 8.77. The number of benzene rings is 2. The van der Waals surface area contributed by atoms with Gasteiger partial charge in [-0.1, -0.05) is 42.5 Å². The van der Waals surface area contributed by atoms with Crippen LogP contribution in [-0.2, 0) is 31.1 Å². The van der Waals surface area contributed by atoms with Crippen LogP contribution in [0.15, 0.2) is 54.6 Å². The minimum absolute atomic E-state index is 0.221. The number of amides is 1. The second-order valence-corrected chi connectivity index (χ2v) is 8.08. The molecule has 1 heterocycles. The van der Waals surface area contributed by atoms with Crippen molar-refractivity contribution in [3.63, 3.8) is 0 Å². The van der Waals surface area contributed by atoms with Crippen LogP contribution in [0.5, 0.6) is 0 Å². The molecule has 1 aliphatic heterocycles. The molecular formula is C19H19N3O7S. The van der Waals surface area contributed by atoms with E-state index >= 15 is 0 Å². The molecule has 158 valence electrons. The summed E-state index contributed by atoms with van der Waals surface area (Å²) in [5.74, 6) is -2.69. The van der Waals surface area contributed by atoms with E-state index in [9.17, 15) is 27.9 Å². The van der Waals surface area contributed by atoms with Crippen molar-refractivity contribution in [2.75, 3.05) is 7.11 Å². The molecule has 10 nitrogen and oxygen atoms in total. The van der Waals surface area contributed by atoms with Gasteiger partial charge in [0.05, 0.1) is 12.7 Å². The van der Waals surface area contributed by atoms with Crippen molar-refractivity contribution in [3.05, 3.63) is 71.3 Å². The van der Waals surface area contributed by atoms with Gasteiger partial charge in [-0.05, 0) is 23.3 Å². The molecular weight excluding hydrogens is 414 g/mol. The lowest BCUT2D eigenvalue weighted by atomic mass is 10.1. The number of methoxy groups -OCH3 is 1. The Balaban J connectivity index is 1.86. The van der Waals surface area contributed by atoms with Crippen LogP contribution in [0.25, 0.3) is 0 Å². The first kappa shape index (κ1) is 21.4. The molecule has 30 heavy (non-hydrogen) atoms. The molecule has 0 bridgehead atoms. The molecule has 1 aliphatic rings. The molecule has 2 aromatic rings. The van der Waals surface area contributed by atoms with Crippen molar-refractivity contribution >= 4 is 28.1 Å². The van der Waals surface area contributed by atoms with Crippen LogP contribution >= 0.6 is 0 Å². The Labute approximate surface area is 172 Å². The van der Waals surface area contributed by atoms with Gasteiger partial charge >= 0.3 is 22.1 Å². The molecule has 2 atom stereocenters. The summed E-state index contributed by atoms with van der Waals surface area (Å²) >= 11 is 0. The van der Waals surface area contributed by atoms with Crippen LogP contribution in [0.2, 0.25) is 0 Å². The quantitative estimate of drug-likeness (QED) is 0.533. The Hall–Kier alpha value is -3.28. The van der Waals surface area contributed by atoms with Crippen molar-refractivity contribution in [2.24, 2.45) is 0 Å². The van der Waals surface area contributed by atoms with Gasteiger partial charge < -0.3 is 9.84 Å². The van der Waals surface area contributed by atoms with Crippen LogP contribution in [0.1, 0.15) is 27.5 Å². The summed E-state index contributed by atoms with van der Waals surface area (Å²) in [6.45, 7) is -0.221. The zero-order chi connectivity index (χ0) is 21.9. The molecule has 1 saturated heterocycles. The van der Waals surface area contributed by atoms with Crippen molar-refractivity contribution < 1.29 is 32.6 Å². The highest BCUT2D eigenvalue weighted by molar-refractivity contribution is 7.88. The highest BCUT2D eigenvalue weighted by Crippen LogP contribution is 2.21. The molecule has 0 aromatic heterocycles. The smallest absolute Gasteiger partial charge is 0.337 e. The van der Waals surface area contributed by atoms with Gasteiger partial charge in [0.25, 0.3) is 5.91 Å². The van der Waals surface area contributed by atoms with Gasteiger partial charge in [-0.15, -0.1) is 0 Å². The van der Waals surface area contributed by atoms with Gasteiger partial charge in [-0.25, -0.2) is 9.52 Å². The average Bonchev–Trinajstić information content (AvgIpc) is 2.94. The van der Waals surface area contributed by atoms with Crippen LogP contribution in [0.4, 0.5) is 0 Å². The van der Waals surface area contributed by atoms with Crippen molar-refractivity contribution in [1.29, 1.82) is 0 Å². The number of nitrogens with one attached hydrogen (secondary N) is 2. The largest absolute Gasteiger partial charge is 0.480 e. The Morgan fingerprint density at radius 1 is 1.17 bits per heavy atom. The first-order valence-corrected chi connectivity index (χ1v) is 10.2. The van der Waals surface area contributed by atoms with Crippen molar-refractivity contribution in [3.8, 4) is 0 Å². The highest BCUT2D eigenvalue weighted by atomic mass is 32.2. The van der Waals surface area contributed by atoms with Gasteiger partial charge in [0.1, 0.15) is 6.04 Å². The molecule has 0 saturated carbocycles. The fraction of sp³-hybridized carbons (Fsp3) is 0.211. The Morgan fingerprint density at radius 2 is 1.80 bits per heavy atom.